The number of aryl methyl sites for hydroxylation is 1. The fourth-order valence-electron chi connectivity index (χ4n) is 3.56. The highest BCUT2D eigenvalue weighted by atomic mass is 32.2. The summed E-state index contributed by atoms with van der Waals surface area (Å²) in [5.74, 6) is 1.11. The fourth-order valence-corrected chi connectivity index (χ4v) is 4.56. The average molecular weight is 445 g/mol. The molecule has 0 aliphatic carbocycles. The average Bonchev–Trinajstić information content (AvgIpc) is 3.23. The molecule has 0 spiro atoms. The summed E-state index contributed by atoms with van der Waals surface area (Å²) in [5, 5.41) is 28.0. The van der Waals surface area contributed by atoms with Crippen molar-refractivity contribution in [3.8, 4) is 23.6 Å². The maximum absolute atomic E-state index is 13.5. The minimum atomic E-state index is -0.277. The van der Waals surface area contributed by atoms with Crippen LogP contribution in [0.5, 0.6) is 5.75 Å². The van der Waals surface area contributed by atoms with Crippen molar-refractivity contribution in [2.45, 2.75) is 24.9 Å². The molecule has 9 heteroatoms. The van der Waals surface area contributed by atoms with E-state index >= 15 is 0 Å². The first-order valence-electron chi connectivity index (χ1n) is 10.0. The van der Waals surface area contributed by atoms with Crippen molar-refractivity contribution in [3.05, 3.63) is 58.4 Å². The normalized spacial score (nSPS) is 11.9. The molecular formula is C23H20N6O2S. The standard InChI is InChI=1S/C23H20N6O2S/c1-15-9-10-20(31-2)19(12-15)28-21(30)17-7-3-4-8-18(17)29-22(28)26-27-23(29)32-14-16(13-25)6-5-11-24/h3-4,7-10,12,16H,5-6,14H2,1-2H3. The van der Waals surface area contributed by atoms with Gasteiger partial charge in [-0.2, -0.15) is 10.5 Å². The zero-order chi connectivity index (χ0) is 22.7. The molecule has 0 saturated heterocycles. The number of ether oxygens (including phenoxy) is 1. The Bertz CT molecular complexity index is 1440. The van der Waals surface area contributed by atoms with Crippen molar-refractivity contribution in [2.75, 3.05) is 12.9 Å². The van der Waals surface area contributed by atoms with E-state index in [1.165, 1.54) is 16.3 Å². The predicted octanol–water partition coefficient (Wildman–Crippen LogP) is 3.89. The van der Waals surface area contributed by atoms with Crippen LogP contribution < -0.4 is 10.3 Å². The molecule has 1 unspecified atom stereocenters. The van der Waals surface area contributed by atoms with Gasteiger partial charge in [0.25, 0.3) is 5.56 Å². The van der Waals surface area contributed by atoms with Gasteiger partial charge in [0, 0.05) is 12.2 Å². The molecule has 0 amide bonds. The number of aromatic nitrogens is 4. The molecule has 0 N–H and O–H groups in total. The number of hydrogen-bond acceptors (Lipinski definition) is 7. The third-order valence-corrected chi connectivity index (χ3v) is 6.26. The molecule has 0 aliphatic rings. The zero-order valence-corrected chi connectivity index (χ0v) is 18.5. The Balaban J connectivity index is 1.93. The zero-order valence-electron chi connectivity index (χ0n) is 17.6. The van der Waals surface area contributed by atoms with E-state index in [9.17, 15) is 10.1 Å². The van der Waals surface area contributed by atoms with Gasteiger partial charge in [-0.1, -0.05) is 30.0 Å². The summed E-state index contributed by atoms with van der Waals surface area (Å²) in [4.78, 5) is 13.5. The van der Waals surface area contributed by atoms with Gasteiger partial charge in [0.15, 0.2) is 5.16 Å². The van der Waals surface area contributed by atoms with Crippen LogP contribution in [0.3, 0.4) is 0 Å². The summed E-state index contributed by atoms with van der Waals surface area (Å²) in [7, 11) is 1.56. The van der Waals surface area contributed by atoms with E-state index in [-0.39, 0.29) is 11.5 Å². The lowest BCUT2D eigenvalue weighted by atomic mass is 10.1. The molecule has 4 aromatic rings. The third-order valence-electron chi connectivity index (χ3n) is 5.17. The summed E-state index contributed by atoms with van der Waals surface area (Å²) in [6.45, 7) is 1.95. The Morgan fingerprint density at radius 1 is 1.19 bits per heavy atom. The van der Waals surface area contributed by atoms with E-state index < -0.39 is 0 Å². The monoisotopic (exact) mass is 444 g/mol. The summed E-state index contributed by atoms with van der Waals surface area (Å²) >= 11 is 1.39. The minimum Gasteiger partial charge on any atom is -0.495 e. The Morgan fingerprint density at radius 3 is 2.75 bits per heavy atom. The van der Waals surface area contributed by atoms with Crippen molar-refractivity contribution in [1.82, 2.24) is 19.2 Å². The molecule has 0 saturated carbocycles. The lowest BCUT2D eigenvalue weighted by molar-refractivity contribution is 0.412. The second-order valence-corrected chi connectivity index (χ2v) is 8.27. The van der Waals surface area contributed by atoms with Gasteiger partial charge < -0.3 is 4.74 Å². The van der Waals surface area contributed by atoms with Crippen LogP contribution in [0, 0.1) is 35.5 Å². The summed E-state index contributed by atoms with van der Waals surface area (Å²) < 4.78 is 8.88. The number of benzene rings is 2. The number of para-hydroxylation sites is 1. The van der Waals surface area contributed by atoms with Gasteiger partial charge >= 0.3 is 0 Å². The molecule has 2 aromatic heterocycles. The third kappa shape index (κ3) is 3.79. The topological polar surface area (TPSA) is 109 Å². The highest BCUT2D eigenvalue weighted by molar-refractivity contribution is 7.99. The number of nitriles is 2. The summed E-state index contributed by atoms with van der Waals surface area (Å²) in [6, 6.07) is 17.3. The molecule has 0 bridgehead atoms. The first-order valence-corrected chi connectivity index (χ1v) is 11.0. The first kappa shape index (κ1) is 21.4. The first-order chi connectivity index (χ1) is 15.6. The van der Waals surface area contributed by atoms with Gasteiger partial charge in [-0.3, -0.25) is 9.20 Å². The fraction of sp³-hybridized carbons (Fsp3) is 0.261. The number of rotatable bonds is 7. The molecular weight excluding hydrogens is 424 g/mol. The number of nitrogens with zero attached hydrogens (tertiary/aromatic N) is 6. The van der Waals surface area contributed by atoms with Crippen LogP contribution in [-0.4, -0.2) is 32.0 Å². The van der Waals surface area contributed by atoms with Crippen LogP contribution in [-0.2, 0) is 0 Å². The van der Waals surface area contributed by atoms with Crippen LogP contribution in [0.25, 0.3) is 22.4 Å². The van der Waals surface area contributed by atoms with Crippen LogP contribution in [0.2, 0.25) is 0 Å². The Hall–Kier alpha value is -3.82. The van der Waals surface area contributed by atoms with E-state index in [4.69, 9.17) is 10.00 Å². The van der Waals surface area contributed by atoms with Crippen molar-refractivity contribution in [3.63, 3.8) is 0 Å². The van der Waals surface area contributed by atoms with Gasteiger partial charge in [-0.15, -0.1) is 10.2 Å². The largest absolute Gasteiger partial charge is 0.495 e. The van der Waals surface area contributed by atoms with E-state index in [1.54, 1.807) is 13.2 Å². The summed E-state index contributed by atoms with van der Waals surface area (Å²) in [5.41, 5.74) is 2.03. The van der Waals surface area contributed by atoms with E-state index in [0.717, 1.165) is 5.56 Å². The second kappa shape index (κ2) is 9.13. The van der Waals surface area contributed by atoms with Gasteiger partial charge in [-0.25, -0.2) is 4.57 Å². The molecule has 2 heterocycles. The molecule has 0 fully saturated rings. The van der Waals surface area contributed by atoms with Crippen molar-refractivity contribution in [1.29, 1.82) is 10.5 Å². The number of thioether (sulfide) groups is 1. The van der Waals surface area contributed by atoms with Gasteiger partial charge in [0.1, 0.15) is 5.75 Å². The second-order valence-electron chi connectivity index (χ2n) is 7.28. The van der Waals surface area contributed by atoms with Crippen molar-refractivity contribution in [2.24, 2.45) is 5.92 Å². The predicted molar refractivity (Wildman–Crippen MR) is 122 cm³/mol. The highest BCUT2D eigenvalue weighted by Crippen LogP contribution is 2.28. The van der Waals surface area contributed by atoms with Crippen LogP contribution in [0.4, 0.5) is 0 Å². The van der Waals surface area contributed by atoms with Gasteiger partial charge in [0.2, 0.25) is 5.78 Å². The van der Waals surface area contributed by atoms with Gasteiger partial charge in [-0.05, 0) is 43.2 Å². The molecule has 4 rings (SSSR count). The number of fused-ring (bicyclic) bond motifs is 3. The van der Waals surface area contributed by atoms with Gasteiger partial charge in [0.05, 0.1) is 41.8 Å². The lowest BCUT2D eigenvalue weighted by Gasteiger charge is -2.15. The molecule has 32 heavy (non-hydrogen) atoms. The van der Waals surface area contributed by atoms with Crippen molar-refractivity contribution >= 4 is 28.4 Å². The van der Waals surface area contributed by atoms with E-state index in [0.29, 0.717) is 51.9 Å². The highest BCUT2D eigenvalue weighted by Gasteiger charge is 2.21. The summed E-state index contributed by atoms with van der Waals surface area (Å²) in [6.07, 6.45) is 0.831. The lowest BCUT2D eigenvalue weighted by Crippen LogP contribution is -2.22. The van der Waals surface area contributed by atoms with E-state index in [1.807, 2.05) is 47.7 Å². The maximum Gasteiger partial charge on any atom is 0.267 e. The molecule has 0 radical (unpaired) electrons. The SMILES string of the molecule is COc1ccc(C)cc1-n1c(=O)c2ccccc2n2c(SCC(C#N)CCC#N)nnc12. The molecule has 0 aliphatic heterocycles. The van der Waals surface area contributed by atoms with E-state index in [2.05, 4.69) is 22.3 Å². The number of hydrogen-bond donors (Lipinski definition) is 0. The molecule has 8 nitrogen and oxygen atoms in total. The quantitative estimate of drug-likeness (QED) is 0.398. The smallest absolute Gasteiger partial charge is 0.267 e. The Labute approximate surface area is 188 Å². The molecule has 160 valence electrons. The number of methoxy groups -OCH3 is 1. The Kier molecular flexibility index (Phi) is 6.11. The van der Waals surface area contributed by atoms with Crippen molar-refractivity contribution < 1.29 is 4.74 Å². The van der Waals surface area contributed by atoms with Crippen LogP contribution in [0.1, 0.15) is 18.4 Å². The van der Waals surface area contributed by atoms with Crippen LogP contribution in [0.15, 0.2) is 52.4 Å². The maximum atomic E-state index is 13.5. The minimum absolute atomic E-state index is 0.218. The molecule has 1 atom stereocenters. The molecule has 2 aromatic carbocycles. The Morgan fingerprint density at radius 2 is 2.00 bits per heavy atom. The van der Waals surface area contributed by atoms with Crippen LogP contribution >= 0.6 is 11.8 Å².